The van der Waals surface area contributed by atoms with E-state index >= 15 is 0 Å². The Morgan fingerprint density at radius 3 is 1.89 bits per heavy atom. The quantitative estimate of drug-likeness (QED) is 0.730. The van der Waals surface area contributed by atoms with Crippen LogP contribution in [-0.2, 0) is 17.6 Å². The van der Waals surface area contributed by atoms with Gasteiger partial charge in [0.25, 0.3) is 11.8 Å². The van der Waals surface area contributed by atoms with E-state index < -0.39 is 23.8 Å². The molecule has 0 unspecified atom stereocenters. The molecule has 1 aliphatic carbocycles. The highest BCUT2D eigenvalue weighted by Crippen LogP contribution is 2.40. The standard InChI is InChI=1S/C22H15NO4/c24-20-15-10-8-12-6-7-13-9-11-16(18(15)17(12)13)21(25)23(20)19(22(26)27)14-4-2-1-3-5-14/h1-5,8-11,19H,6-7H2,(H,26,27)/t19-/m0/s1. The molecule has 1 atom stereocenters. The molecule has 2 aliphatic rings. The zero-order valence-electron chi connectivity index (χ0n) is 14.3. The fourth-order valence-corrected chi connectivity index (χ4v) is 4.31. The maximum atomic E-state index is 13.2. The van der Waals surface area contributed by atoms with E-state index in [4.69, 9.17) is 0 Å². The van der Waals surface area contributed by atoms with Crippen LogP contribution in [0.2, 0.25) is 0 Å². The molecule has 2 amide bonds. The average Bonchev–Trinajstić information content (AvgIpc) is 3.10. The Bertz CT molecular complexity index is 1090. The summed E-state index contributed by atoms with van der Waals surface area (Å²) in [5, 5.41) is 11.5. The van der Waals surface area contributed by atoms with Crippen LogP contribution in [0.4, 0.5) is 0 Å². The summed E-state index contributed by atoms with van der Waals surface area (Å²) < 4.78 is 0. The van der Waals surface area contributed by atoms with Crippen molar-refractivity contribution < 1.29 is 19.5 Å². The highest BCUT2D eigenvalue weighted by molar-refractivity contribution is 6.27. The zero-order valence-corrected chi connectivity index (χ0v) is 14.3. The molecule has 1 aliphatic heterocycles. The number of carboxylic acid groups (broad SMARTS) is 1. The van der Waals surface area contributed by atoms with Crippen LogP contribution >= 0.6 is 0 Å². The van der Waals surface area contributed by atoms with Crippen LogP contribution in [0.1, 0.15) is 43.4 Å². The number of hydrogen-bond donors (Lipinski definition) is 1. The first-order valence-electron chi connectivity index (χ1n) is 8.81. The van der Waals surface area contributed by atoms with E-state index in [0.717, 1.165) is 34.3 Å². The average molecular weight is 357 g/mol. The van der Waals surface area contributed by atoms with Gasteiger partial charge in [0.2, 0.25) is 0 Å². The maximum Gasteiger partial charge on any atom is 0.331 e. The normalized spacial score (nSPS) is 16.1. The first-order chi connectivity index (χ1) is 13.1. The highest BCUT2D eigenvalue weighted by Gasteiger charge is 2.42. The van der Waals surface area contributed by atoms with Gasteiger partial charge in [0, 0.05) is 16.5 Å². The Labute approximate surface area is 154 Å². The first kappa shape index (κ1) is 15.8. The van der Waals surface area contributed by atoms with Gasteiger partial charge in [-0.3, -0.25) is 14.5 Å². The van der Waals surface area contributed by atoms with Crippen LogP contribution in [0.3, 0.4) is 0 Å². The summed E-state index contributed by atoms with van der Waals surface area (Å²) in [7, 11) is 0. The van der Waals surface area contributed by atoms with E-state index in [0.29, 0.717) is 22.1 Å². The van der Waals surface area contributed by atoms with Gasteiger partial charge < -0.3 is 5.11 Å². The van der Waals surface area contributed by atoms with Crippen molar-refractivity contribution in [1.29, 1.82) is 0 Å². The Morgan fingerprint density at radius 1 is 0.815 bits per heavy atom. The molecule has 0 aromatic heterocycles. The minimum Gasteiger partial charge on any atom is -0.479 e. The summed E-state index contributed by atoms with van der Waals surface area (Å²) in [5.74, 6) is -2.35. The van der Waals surface area contributed by atoms with Crippen LogP contribution < -0.4 is 0 Å². The van der Waals surface area contributed by atoms with E-state index in [1.165, 1.54) is 0 Å². The van der Waals surface area contributed by atoms with Crippen LogP contribution in [0.5, 0.6) is 0 Å². The highest BCUT2D eigenvalue weighted by atomic mass is 16.4. The molecule has 0 saturated heterocycles. The molecule has 3 aromatic rings. The Kier molecular flexibility index (Phi) is 3.22. The number of carboxylic acids is 1. The van der Waals surface area contributed by atoms with E-state index in [9.17, 15) is 19.5 Å². The van der Waals surface area contributed by atoms with Gasteiger partial charge in [-0.05, 0) is 47.1 Å². The largest absolute Gasteiger partial charge is 0.479 e. The number of aliphatic carboxylic acids is 1. The van der Waals surface area contributed by atoms with Gasteiger partial charge in [-0.25, -0.2) is 4.79 Å². The van der Waals surface area contributed by atoms with Crippen molar-refractivity contribution >= 4 is 28.6 Å². The molecule has 0 saturated carbocycles. The van der Waals surface area contributed by atoms with Crippen LogP contribution in [0, 0.1) is 0 Å². The number of aryl methyl sites for hydroxylation is 2. The zero-order chi connectivity index (χ0) is 18.7. The minimum atomic E-state index is -1.36. The monoisotopic (exact) mass is 357 g/mol. The minimum absolute atomic E-state index is 0.393. The van der Waals surface area contributed by atoms with Crippen molar-refractivity contribution in [1.82, 2.24) is 4.90 Å². The number of benzene rings is 3. The van der Waals surface area contributed by atoms with Crippen molar-refractivity contribution in [2.24, 2.45) is 0 Å². The molecule has 5 rings (SSSR count). The van der Waals surface area contributed by atoms with Crippen molar-refractivity contribution in [2.45, 2.75) is 18.9 Å². The molecule has 3 aromatic carbocycles. The topological polar surface area (TPSA) is 74.7 Å². The molecule has 5 heteroatoms. The van der Waals surface area contributed by atoms with Crippen molar-refractivity contribution in [3.63, 3.8) is 0 Å². The molecule has 0 fully saturated rings. The van der Waals surface area contributed by atoms with E-state index in [1.54, 1.807) is 42.5 Å². The molecule has 132 valence electrons. The molecule has 27 heavy (non-hydrogen) atoms. The van der Waals surface area contributed by atoms with Gasteiger partial charge in [-0.1, -0.05) is 42.5 Å². The third-order valence-corrected chi connectivity index (χ3v) is 5.50. The molecule has 1 heterocycles. The second kappa shape index (κ2) is 5.51. The van der Waals surface area contributed by atoms with E-state index in [1.807, 2.05) is 12.1 Å². The number of rotatable bonds is 3. The van der Waals surface area contributed by atoms with Gasteiger partial charge >= 0.3 is 5.97 Å². The number of carbonyl (C=O) groups is 3. The second-order valence-corrected chi connectivity index (χ2v) is 6.93. The smallest absolute Gasteiger partial charge is 0.331 e. The van der Waals surface area contributed by atoms with Gasteiger partial charge in [-0.15, -0.1) is 0 Å². The van der Waals surface area contributed by atoms with Crippen LogP contribution in [0.15, 0.2) is 54.6 Å². The van der Waals surface area contributed by atoms with Crippen LogP contribution in [-0.4, -0.2) is 27.8 Å². The number of nitrogens with zero attached hydrogens (tertiary/aromatic N) is 1. The summed E-state index contributed by atoms with van der Waals surface area (Å²) in [5.41, 5.74) is 3.46. The third-order valence-electron chi connectivity index (χ3n) is 5.50. The fourth-order valence-electron chi connectivity index (χ4n) is 4.31. The molecular formula is C22H15NO4. The molecule has 1 N–H and O–H groups in total. The summed E-state index contributed by atoms with van der Waals surface area (Å²) in [6.07, 6.45) is 1.78. The number of imide groups is 1. The molecule has 0 radical (unpaired) electrons. The first-order valence-corrected chi connectivity index (χ1v) is 8.81. The van der Waals surface area contributed by atoms with Gasteiger partial charge in [0.15, 0.2) is 6.04 Å². The molecule has 0 bridgehead atoms. The number of amides is 2. The lowest BCUT2D eigenvalue weighted by Crippen LogP contribution is -2.45. The number of hydrogen-bond acceptors (Lipinski definition) is 3. The Balaban J connectivity index is 1.75. The van der Waals surface area contributed by atoms with Gasteiger partial charge in [0.05, 0.1) is 0 Å². The molecule has 5 nitrogen and oxygen atoms in total. The molecule has 0 spiro atoms. The number of carbonyl (C=O) groups excluding carboxylic acids is 2. The lowest BCUT2D eigenvalue weighted by atomic mass is 9.89. The van der Waals surface area contributed by atoms with Crippen molar-refractivity contribution in [2.75, 3.05) is 0 Å². The Morgan fingerprint density at radius 2 is 1.37 bits per heavy atom. The summed E-state index contributed by atoms with van der Waals surface area (Å²) in [6.45, 7) is 0. The van der Waals surface area contributed by atoms with Gasteiger partial charge in [0.1, 0.15) is 0 Å². The van der Waals surface area contributed by atoms with Crippen molar-refractivity contribution in [3.8, 4) is 0 Å². The van der Waals surface area contributed by atoms with Crippen molar-refractivity contribution in [3.05, 3.63) is 82.4 Å². The van der Waals surface area contributed by atoms with E-state index in [-0.39, 0.29) is 0 Å². The second-order valence-electron chi connectivity index (χ2n) is 6.93. The lowest BCUT2D eigenvalue weighted by Gasteiger charge is -2.32. The van der Waals surface area contributed by atoms with E-state index in [2.05, 4.69) is 0 Å². The van der Waals surface area contributed by atoms with Crippen LogP contribution in [0.25, 0.3) is 10.8 Å². The fraction of sp³-hybridized carbons (Fsp3) is 0.136. The predicted octanol–water partition coefficient (Wildman–Crippen LogP) is 3.36. The SMILES string of the molecule is O=C(O)[C@H](c1ccccc1)N1C(=O)c2ccc3c4c(ccc(c24)C1=O)CC3. The predicted molar refractivity (Wildman–Crippen MR) is 98.7 cm³/mol. The van der Waals surface area contributed by atoms with Gasteiger partial charge in [-0.2, -0.15) is 0 Å². The Hall–Kier alpha value is -3.47. The summed E-state index contributed by atoms with van der Waals surface area (Å²) >= 11 is 0. The lowest BCUT2D eigenvalue weighted by molar-refractivity contribution is -0.141. The third kappa shape index (κ3) is 2.08. The summed E-state index contributed by atoms with van der Waals surface area (Å²) in [6, 6.07) is 14.3. The molecular weight excluding hydrogens is 342 g/mol. The summed E-state index contributed by atoms with van der Waals surface area (Å²) in [4.78, 5) is 39.3. The maximum absolute atomic E-state index is 13.2.